The first kappa shape index (κ1) is 57.8. The molecule has 0 amide bonds. The maximum Gasteiger partial charge on any atom is 0.472 e. The van der Waals surface area contributed by atoms with Crippen LogP contribution in [0.5, 0.6) is 0 Å². The van der Waals surface area contributed by atoms with Crippen molar-refractivity contribution < 1.29 is 66.3 Å². The summed E-state index contributed by atoms with van der Waals surface area (Å²) in [6.45, 7) is 1.64. The first-order chi connectivity index (χ1) is 29.8. The Morgan fingerprint density at radius 1 is 0.565 bits per heavy atom. The van der Waals surface area contributed by atoms with Crippen molar-refractivity contribution in [1.82, 2.24) is 0 Å². The molecule has 0 radical (unpaired) electrons. The van der Waals surface area contributed by atoms with Crippen LogP contribution in [-0.4, -0.2) is 82.6 Å². The molecule has 0 aromatic carbocycles. The zero-order chi connectivity index (χ0) is 45.6. The van der Waals surface area contributed by atoms with Crippen molar-refractivity contribution in [2.75, 3.05) is 26.4 Å². The standard InChI is InChI=1S/C46H80O14P2/c1-3-5-7-8-9-10-11-12-13-14-15-16-17-18-19-20-24-27-31-35-45(48)55-39-42(40-58-62(53,54)57-38-41(47)37-56-61(50,51)52)59-46(49)36-32-28-25-22-21-23-26-30-34-44-43(60-44)33-29-6-4-2/h9-10,12-13,15-16,18-19,26,30,41-44,47H,3-8,11,14,17,20-25,27-29,31-40H2,1-2H3,(H,53,54)(H2,50,51,52)/b10-9-,13-12-,16-15-,19-18-,30-26-/t41-,42+,43?,44?/m0/s1. The van der Waals surface area contributed by atoms with Crippen LogP contribution in [0.3, 0.4) is 0 Å². The number of carbonyl (C=O) groups is 2. The van der Waals surface area contributed by atoms with Gasteiger partial charge in [0.15, 0.2) is 6.10 Å². The average molecular weight is 919 g/mol. The predicted octanol–water partition coefficient (Wildman–Crippen LogP) is 11.0. The number of rotatable bonds is 42. The number of carbonyl (C=O) groups excluding carboxylic acids is 2. The molecule has 0 spiro atoms. The van der Waals surface area contributed by atoms with Crippen molar-refractivity contribution in [2.45, 2.75) is 192 Å². The Morgan fingerprint density at radius 2 is 1.05 bits per heavy atom. The molecule has 358 valence electrons. The van der Waals surface area contributed by atoms with E-state index in [1.807, 2.05) is 0 Å². The van der Waals surface area contributed by atoms with Gasteiger partial charge in [0.25, 0.3) is 0 Å². The monoisotopic (exact) mass is 919 g/mol. The third-order valence-electron chi connectivity index (χ3n) is 9.79. The number of hydrogen-bond donors (Lipinski definition) is 4. The lowest BCUT2D eigenvalue weighted by Crippen LogP contribution is -2.30. The Labute approximate surface area is 372 Å². The maximum atomic E-state index is 12.7. The zero-order valence-corrected chi connectivity index (χ0v) is 39.4. The highest BCUT2D eigenvalue weighted by Gasteiger charge is 2.36. The van der Waals surface area contributed by atoms with Gasteiger partial charge >= 0.3 is 27.6 Å². The van der Waals surface area contributed by atoms with Gasteiger partial charge in [0.05, 0.1) is 32.0 Å². The molecular weight excluding hydrogens is 838 g/mol. The Bertz CT molecular complexity index is 1390. The molecule has 1 heterocycles. The summed E-state index contributed by atoms with van der Waals surface area (Å²) in [7, 11) is -9.70. The number of aliphatic hydroxyl groups excluding tert-OH is 1. The maximum absolute atomic E-state index is 12.7. The molecule has 0 aromatic rings. The number of aliphatic hydroxyl groups is 1. The van der Waals surface area contributed by atoms with Gasteiger partial charge in [0.2, 0.25) is 0 Å². The van der Waals surface area contributed by atoms with E-state index in [4.69, 9.17) is 28.5 Å². The summed E-state index contributed by atoms with van der Waals surface area (Å²) in [6, 6.07) is 0. The van der Waals surface area contributed by atoms with Gasteiger partial charge in [-0.2, -0.15) is 0 Å². The molecule has 62 heavy (non-hydrogen) atoms. The van der Waals surface area contributed by atoms with Gasteiger partial charge in [-0.05, 0) is 83.5 Å². The smallest absolute Gasteiger partial charge is 0.462 e. The van der Waals surface area contributed by atoms with Gasteiger partial charge in [-0.1, -0.05) is 132 Å². The van der Waals surface area contributed by atoms with Crippen LogP contribution in [0.15, 0.2) is 60.8 Å². The molecule has 0 bridgehead atoms. The molecule has 4 N–H and O–H groups in total. The van der Waals surface area contributed by atoms with E-state index in [0.29, 0.717) is 25.0 Å². The molecular formula is C46H80O14P2. The fourth-order valence-electron chi connectivity index (χ4n) is 6.16. The summed E-state index contributed by atoms with van der Waals surface area (Å²) >= 11 is 0. The van der Waals surface area contributed by atoms with Gasteiger partial charge in [0.1, 0.15) is 12.7 Å². The van der Waals surface area contributed by atoms with E-state index in [2.05, 4.69) is 83.7 Å². The zero-order valence-electron chi connectivity index (χ0n) is 37.6. The largest absolute Gasteiger partial charge is 0.472 e. The highest BCUT2D eigenvalue weighted by Crippen LogP contribution is 2.44. The summed E-state index contributed by atoms with van der Waals surface area (Å²) < 4.78 is 53.5. The van der Waals surface area contributed by atoms with Crippen molar-refractivity contribution in [3.63, 3.8) is 0 Å². The quantitative estimate of drug-likeness (QED) is 0.0148. The fraction of sp³-hybridized carbons (Fsp3) is 0.739. The highest BCUT2D eigenvalue weighted by atomic mass is 31.2. The fourth-order valence-corrected chi connectivity index (χ4v) is 7.32. The molecule has 5 atom stereocenters. The van der Waals surface area contributed by atoms with Crippen LogP contribution in [0.25, 0.3) is 0 Å². The van der Waals surface area contributed by atoms with Crippen molar-refractivity contribution in [1.29, 1.82) is 0 Å². The number of hydrogen-bond acceptors (Lipinski definition) is 11. The Kier molecular flexibility index (Phi) is 35.5. The topological polar surface area (TPSA) is 208 Å². The van der Waals surface area contributed by atoms with Crippen LogP contribution in [-0.2, 0) is 46.5 Å². The third kappa shape index (κ3) is 38.3. The first-order valence-corrected chi connectivity index (χ1v) is 26.1. The second-order valence-corrected chi connectivity index (χ2v) is 18.4. The third-order valence-corrected chi connectivity index (χ3v) is 11.2. The van der Waals surface area contributed by atoms with E-state index >= 15 is 0 Å². The van der Waals surface area contributed by atoms with Crippen LogP contribution in [0, 0.1) is 0 Å². The van der Waals surface area contributed by atoms with Crippen LogP contribution in [0.1, 0.15) is 168 Å². The number of allylic oxidation sites excluding steroid dienone is 9. The normalized spacial score (nSPS) is 17.8. The number of phosphoric acid groups is 2. The summed E-state index contributed by atoms with van der Waals surface area (Å²) in [4.78, 5) is 52.8. The van der Waals surface area contributed by atoms with E-state index in [-0.39, 0.29) is 12.8 Å². The summed E-state index contributed by atoms with van der Waals surface area (Å²) in [5.74, 6) is -1.09. The Hall–Kier alpha value is -2.22. The van der Waals surface area contributed by atoms with Gasteiger partial charge in [-0.3, -0.25) is 23.2 Å². The van der Waals surface area contributed by atoms with Crippen molar-refractivity contribution in [3.05, 3.63) is 60.8 Å². The number of epoxide rings is 1. The average Bonchev–Trinajstić information content (AvgIpc) is 3.99. The minimum Gasteiger partial charge on any atom is -0.462 e. The van der Waals surface area contributed by atoms with Crippen LogP contribution in [0.2, 0.25) is 0 Å². The van der Waals surface area contributed by atoms with E-state index in [1.165, 1.54) is 38.5 Å². The predicted molar refractivity (Wildman–Crippen MR) is 243 cm³/mol. The Balaban J connectivity index is 2.37. The minimum absolute atomic E-state index is 0.101. The summed E-state index contributed by atoms with van der Waals surface area (Å²) in [6.07, 6.45) is 42.3. The second kappa shape index (κ2) is 38.1. The molecule has 0 saturated carbocycles. The molecule has 16 heteroatoms. The van der Waals surface area contributed by atoms with Crippen molar-refractivity contribution in [3.8, 4) is 0 Å². The van der Waals surface area contributed by atoms with E-state index < -0.39 is 66.2 Å². The van der Waals surface area contributed by atoms with Crippen LogP contribution >= 0.6 is 15.6 Å². The van der Waals surface area contributed by atoms with E-state index in [1.54, 1.807) is 0 Å². The SMILES string of the molecule is CCCCC/C=C\C/C=C\C/C=C\C/C=C\CCCCCC(=O)OC[C@H](COP(=O)(O)OC[C@@H](O)COP(=O)(O)O)OC(=O)CCCCCCC/C=C\CC1OC1CCCCC. The van der Waals surface area contributed by atoms with Crippen molar-refractivity contribution >= 4 is 27.6 Å². The number of ether oxygens (including phenoxy) is 3. The molecule has 14 nitrogen and oxygen atoms in total. The molecule has 3 unspecified atom stereocenters. The Morgan fingerprint density at radius 3 is 1.66 bits per heavy atom. The second-order valence-electron chi connectivity index (χ2n) is 15.7. The van der Waals surface area contributed by atoms with Crippen molar-refractivity contribution in [2.24, 2.45) is 0 Å². The number of esters is 2. The summed E-state index contributed by atoms with van der Waals surface area (Å²) in [5.41, 5.74) is 0. The molecule has 1 fully saturated rings. The molecule has 0 aliphatic carbocycles. The van der Waals surface area contributed by atoms with E-state index in [9.17, 15) is 28.7 Å². The number of phosphoric ester groups is 2. The number of unbranched alkanes of at least 4 members (excludes halogenated alkanes) is 13. The minimum atomic E-state index is -4.87. The van der Waals surface area contributed by atoms with Gasteiger partial charge in [-0.25, -0.2) is 9.13 Å². The van der Waals surface area contributed by atoms with E-state index in [0.717, 1.165) is 89.9 Å². The lowest BCUT2D eigenvalue weighted by atomic mass is 10.1. The van der Waals surface area contributed by atoms with Gasteiger partial charge in [0, 0.05) is 12.8 Å². The lowest BCUT2D eigenvalue weighted by molar-refractivity contribution is -0.161. The highest BCUT2D eigenvalue weighted by molar-refractivity contribution is 7.47. The van der Waals surface area contributed by atoms with Crippen LogP contribution < -0.4 is 0 Å². The molecule has 0 aromatic heterocycles. The van der Waals surface area contributed by atoms with Gasteiger partial charge < -0.3 is 34.0 Å². The molecule has 1 rings (SSSR count). The lowest BCUT2D eigenvalue weighted by Gasteiger charge is -2.20. The first-order valence-electron chi connectivity index (χ1n) is 23.1. The summed E-state index contributed by atoms with van der Waals surface area (Å²) in [5, 5.41) is 9.76. The van der Waals surface area contributed by atoms with Gasteiger partial charge in [-0.15, -0.1) is 0 Å². The molecule has 1 saturated heterocycles. The van der Waals surface area contributed by atoms with Crippen LogP contribution in [0.4, 0.5) is 0 Å². The molecule has 1 aliphatic rings. The molecule has 1 aliphatic heterocycles.